The zero-order valence-electron chi connectivity index (χ0n) is 16.5. The monoisotopic (exact) mass is 386 g/mol. The number of hydrogen-bond donors (Lipinski definition) is 1. The second-order valence-electron chi connectivity index (χ2n) is 7.74. The van der Waals surface area contributed by atoms with Gasteiger partial charge in [-0.2, -0.15) is 0 Å². The van der Waals surface area contributed by atoms with Crippen LogP contribution in [0.15, 0.2) is 53.4 Å². The van der Waals surface area contributed by atoms with Gasteiger partial charge in [0.2, 0.25) is 0 Å². The number of anilines is 1. The molecule has 0 bridgehead atoms. The van der Waals surface area contributed by atoms with Gasteiger partial charge in [-0.25, -0.2) is 8.42 Å². The summed E-state index contributed by atoms with van der Waals surface area (Å²) in [6.07, 6.45) is 2.30. The van der Waals surface area contributed by atoms with Crippen molar-refractivity contribution >= 4 is 15.7 Å². The van der Waals surface area contributed by atoms with Gasteiger partial charge in [0, 0.05) is 12.2 Å². The molecule has 1 N–H and O–H groups in total. The number of benzene rings is 2. The van der Waals surface area contributed by atoms with Crippen molar-refractivity contribution < 1.29 is 8.42 Å². The summed E-state index contributed by atoms with van der Waals surface area (Å²) in [5, 5.41) is 0. The molecule has 5 heteroatoms. The summed E-state index contributed by atoms with van der Waals surface area (Å²) in [5.41, 5.74) is 2.98. The van der Waals surface area contributed by atoms with Crippen molar-refractivity contribution in [2.24, 2.45) is 0 Å². The SMILES string of the molecule is CCCN1CCC(c2cccc(NS(=O)(=O)c3ccc(C(C)C)cc3)c2)C1. The molecule has 1 aliphatic rings. The molecule has 1 atom stereocenters. The Hall–Kier alpha value is -1.85. The Bertz CT molecular complexity index is 860. The molecule has 0 amide bonds. The first-order valence-corrected chi connectivity index (χ1v) is 11.3. The van der Waals surface area contributed by atoms with Gasteiger partial charge in [0.15, 0.2) is 0 Å². The maximum absolute atomic E-state index is 12.7. The van der Waals surface area contributed by atoms with Crippen LogP contribution in [0.3, 0.4) is 0 Å². The van der Waals surface area contributed by atoms with E-state index in [4.69, 9.17) is 0 Å². The van der Waals surface area contributed by atoms with Crippen LogP contribution in [0.4, 0.5) is 5.69 Å². The lowest BCUT2D eigenvalue weighted by atomic mass is 9.98. The highest BCUT2D eigenvalue weighted by atomic mass is 32.2. The highest BCUT2D eigenvalue weighted by Crippen LogP contribution is 2.29. The second kappa shape index (κ2) is 8.44. The molecule has 1 aliphatic heterocycles. The van der Waals surface area contributed by atoms with Crippen LogP contribution in [0.5, 0.6) is 0 Å². The highest BCUT2D eigenvalue weighted by molar-refractivity contribution is 7.92. The van der Waals surface area contributed by atoms with E-state index in [0.29, 0.717) is 22.4 Å². The Balaban J connectivity index is 1.73. The molecule has 3 rings (SSSR count). The summed E-state index contributed by atoms with van der Waals surface area (Å²) in [6.45, 7) is 9.71. The molecule has 4 nitrogen and oxygen atoms in total. The third kappa shape index (κ3) is 4.90. The minimum atomic E-state index is -3.58. The summed E-state index contributed by atoms with van der Waals surface area (Å²) < 4.78 is 28.2. The number of sulfonamides is 1. The van der Waals surface area contributed by atoms with Crippen LogP contribution in [0.25, 0.3) is 0 Å². The number of rotatable bonds is 7. The summed E-state index contributed by atoms with van der Waals surface area (Å²) in [4.78, 5) is 2.78. The highest BCUT2D eigenvalue weighted by Gasteiger charge is 2.23. The van der Waals surface area contributed by atoms with E-state index in [2.05, 4.69) is 36.5 Å². The predicted octanol–water partition coefficient (Wildman–Crippen LogP) is 4.81. The molecule has 146 valence electrons. The topological polar surface area (TPSA) is 49.4 Å². The van der Waals surface area contributed by atoms with E-state index in [0.717, 1.165) is 31.6 Å². The summed E-state index contributed by atoms with van der Waals surface area (Å²) in [6, 6.07) is 15.0. The molecule has 1 heterocycles. The van der Waals surface area contributed by atoms with E-state index in [1.165, 1.54) is 12.0 Å². The molecule has 0 spiro atoms. The van der Waals surface area contributed by atoms with Crippen LogP contribution in [0.2, 0.25) is 0 Å². The van der Waals surface area contributed by atoms with Crippen LogP contribution in [0, 0.1) is 0 Å². The average molecular weight is 387 g/mol. The van der Waals surface area contributed by atoms with E-state index in [9.17, 15) is 8.42 Å². The molecule has 1 saturated heterocycles. The van der Waals surface area contributed by atoms with Crippen molar-refractivity contribution in [2.45, 2.75) is 50.3 Å². The third-order valence-electron chi connectivity index (χ3n) is 5.28. The summed E-state index contributed by atoms with van der Waals surface area (Å²) in [5.74, 6) is 0.858. The first-order valence-electron chi connectivity index (χ1n) is 9.84. The Morgan fingerprint density at radius 3 is 2.56 bits per heavy atom. The number of hydrogen-bond acceptors (Lipinski definition) is 3. The fraction of sp³-hybridized carbons (Fsp3) is 0.455. The molecular formula is C22H30N2O2S. The van der Waals surface area contributed by atoms with Crippen LogP contribution in [-0.4, -0.2) is 33.0 Å². The summed E-state index contributed by atoms with van der Waals surface area (Å²) in [7, 11) is -3.58. The van der Waals surface area contributed by atoms with Gasteiger partial charge >= 0.3 is 0 Å². The quantitative estimate of drug-likeness (QED) is 0.743. The van der Waals surface area contributed by atoms with Crippen LogP contribution in [-0.2, 0) is 10.0 Å². The van der Waals surface area contributed by atoms with Crippen LogP contribution in [0.1, 0.15) is 56.6 Å². The van der Waals surface area contributed by atoms with E-state index in [1.807, 2.05) is 30.3 Å². The molecule has 0 saturated carbocycles. The first kappa shape index (κ1) is 19.9. The maximum Gasteiger partial charge on any atom is 0.261 e. The largest absolute Gasteiger partial charge is 0.303 e. The lowest BCUT2D eigenvalue weighted by Crippen LogP contribution is -2.21. The van der Waals surface area contributed by atoms with Crippen molar-refractivity contribution in [3.63, 3.8) is 0 Å². The fourth-order valence-electron chi connectivity index (χ4n) is 3.73. The Morgan fingerprint density at radius 1 is 1.15 bits per heavy atom. The van der Waals surface area contributed by atoms with Crippen molar-refractivity contribution in [3.8, 4) is 0 Å². The smallest absolute Gasteiger partial charge is 0.261 e. The molecule has 1 fully saturated rings. The Kier molecular flexibility index (Phi) is 6.22. The van der Waals surface area contributed by atoms with E-state index in [-0.39, 0.29) is 0 Å². The minimum absolute atomic E-state index is 0.298. The number of nitrogens with zero attached hydrogens (tertiary/aromatic N) is 1. The van der Waals surface area contributed by atoms with Crippen molar-refractivity contribution in [3.05, 3.63) is 59.7 Å². The van der Waals surface area contributed by atoms with Gasteiger partial charge < -0.3 is 4.90 Å². The van der Waals surface area contributed by atoms with Crippen LogP contribution >= 0.6 is 0 Å². The van der Waals surface area contributed by atoms with Gasteiger partial charge in [0.05, 0.1) is 4.90 Å². The van der Waals surface area contributed by atoms with Gasteiger partial charge in [-0.05, 0) is 73.2 Å². The average Bonchev–Trinajstić information content (AvgIpc) is 3.11. The third-order valence-corrected chi connectivity index (χ3v) is 6.68. The lowest BCUT2D eigenvalue weighted by molar-refractivity contribution is 0.335. The standard InChI is InChI=1S/C22H30N2O2S/c1-4-13-24-14-12-20(16-24)19-6-5-7-21(15-19)23-27(25,26)22-10-8-18(9-11-22)17(2)3/h5-11,15,17,20,23H,4,12-14,16H2,1-3H3. The van der Waals surface area contributed by atoms with Gasteiger partial charge in [-0.3, -0.25) is 4.72 Å². The summed E-state index contributed by atoms with van der Waals surface area (Å²) >= 11 is 0. The van der Waals surface area contributed by atoms with E-state index < -0.39 is 10.0 Å². The molecule has 0 aromatic heterocycles. The molecule has 0 aliphatic carbocycles. The number of likely N-dealkylation sites (tertiary alicyclic amines) is 1. The molecule has 2 aromatic carbocycles. The molecule has 0 radical (unpaired) electrons. The second-order valence-corrected chi connectivity index (χ2v) is 9.42. The Morgan fingerprint density at radius 2 is 1.89 bits per heavy atom. The van der Waals surface area contributed by atoms with Gasteiger partial charge in [0.25, 0.3) is 10.0 Å². The molecule has 1 unspecified atom stereocenters. The van der Waals surface area contributed by atoms with Crippen molar-refractivity contribution in [1.82, 2.24) is 4.90 Å². The van der Waals surface area contributed by atoms with Crippen molar-refractivity contribution in [1.29, 1.82) is 0 Å². The zero-order chi connectivity index (χ0) is 19.4. The van der Waals surface area contributed by atoms with Gasteiger partial charge in [0.1, 0.15) is 0 Å². The molecule has 27 heavy (non-hydrogen) atoms. The molecular weight excluding hydrogens is 356 g/mol. The normalized spacial score (nSPS) is 18.1. The van der Waals surface area contributed by atoms with Gasteiger partial charge in [-0.15, -0.1) is 0 Å². The van der Waals surface area contributed by atoms with E-state index in [1.54, 1.807) is 12.1 Å². The fourth-order valence-corrected chi connectivity index (χ4v) is 4.78. The number of nitrogens with one attached hydrogen (secondary N) is 1. The molecule has 2 aromatic rings. The lowest BCUT2D eigenvalue weighted by Gasteiger charge is -2.16. The minimum Gasteiger partial charge on any atom is -0.303 e. The maximum atomic E-state index is 12.7. The predicted molar refractivity (Wildman–Crippen MR) is 112 cm³/mol. The Labute approximate surface area is 163 Å². The van der Waals surface area contributed by atoms with Crippen LogP contribution < -0.4 is 4.72 Å². The first-order chi connectivity index (χ1) is 12.9. The van der Waals surface area contributed by atoms with E-state index >= 15 is 0 Å². The van der Waals surface area contributed by atoms with Crippen molar-refractivity contribution in [2.75, 3.05) is 24.4 Å². The van der Waals surface area contributed by atoms with Gasteiger partial charge in [-0.1, -0.05) is 45.0 Å². The zero-order valence-corrected chi connectivity index (χ0v) is 17.3.